The fourth-order valence-corrected chi connectivity index (χ4v) is 1.31. The predicted molar refractivity (Wildman–Crippen MR) is 61.1 cm³/mol. The summed E-state index contributed by atoms with van der Waals surface area (Å²) in [5, 5.41) is 0. The van der Waals surface area contributed by atoms with E-state index in [1.165, 1.54) is 0 Å². The molecule has 0 aliphatic heterocycles. The second-order valence-corrected chi connectivity index (χ2v) is 4.16. The summed E-state index contributed by atoms with van der Waals surface area (Å²) in [6.07, 6.45) is 1.80. The third-order valence-corrected chi connectivity index (χ3v) is 2.14. The van der Waals surface area contributed by atoms with Gasteiger partial charge < -0.3 is 9.30 Å². The SMILES string of the molecule is Cc1cccn(CCOCC(C)C)c1=O. The van der Waals surface area contributed by atoms with Crippen molar-refractivity contribution in [2.24, 2.45) is 5.92 Å². The second kappa shape index (κ2) is 5.71. The predicted octanol–water partition coefficient (Wildman–Crippen LogP) is 1.83. The smallest absolute Gasteiger partial charge is 0.253 e. The van der Waals surface area contributed by atoms with Gasteiger partial charge in [-0.2, -0.15) is 0 Å². The standard InChI is InChI=1S/C12H19NO2/c1-10(2)9-15-8-7-13-6-4-5-11(3)12(13)14/h4-6,10H,7-9H2,1-3H3. The maximum Gasteiger partial charge on any atom is 0.253 e. The van der Waals surface area contributed by atoms with Crippen LogP contribution in [0.1, 0.15) is 19.4 Å². The van der Waals surface area contributed by atoms with Crippen molar-refractivity contribution >= 4 is 0 Å². The number of aromatic nitrogens is 1. The van der Waals surface area contributed by atoms with Gasteiger partial charge in [0.2, 0.25) is 0 Å². The second-order valence-electron chi connectivity index (χ2n) is 4.16. The van der Waals surface area contributed by atoms with Gasteiger partial charge in [-0.05, 0) is 18.9 Å². The van der Waals surface area contributed by atoms with E-state index in [1.807, 2.05) is 19.1 Å². The summed E-state index contributed by atoms with van der Waals surface area (Å²) in [4.78, 5) is 11.6. The largest absolute Gasteiger partial charge is 0.379 e. The minimum Gasteiger partial charge on any atom is -0.379 e. The number of ether oxygens (including phenoxy) is 1. The monoisotopic (exact) mass is 209 g/mol. The molecule has 1 aromatic heterocycles. The van der Waals surface area contributed by atoms with Gasteiger partial charge in [-0.1, -0.05) is 19.9 Å². The fraction of sp³-hybridized carbons (Fsp3) is 0.583. The number of pyridine rings is 1. The van der Waals surface area contributed by atoms with E-state index in [1.54, 1.807) is 10.8 Å². The quantitative estimate of drug-likeness (QED) is 0.693. The molecule has 0 aromatic carbocycles. The molecule has 0 spiro atoms. The topological polar surface area (TPSA) is 31.2 Å². The van der Waals surface area contributed by atoms with Crippen LogP contribution in [0.4, 0.5) is 0 Å². The molecule has 0 amide bonds. The Balaban J connectivity index is 2.44. The van der Waals surface area contributed by atoms with Crippen molar-refractivity contribution in [2.45, 2.75) is 27.3 Å². The van der Waals surface area contributed by atoms with Crippen LogP contribution in [0.3, 0.4) is 0 Å². The summed E-state index contributed by atoms with van der Waals surface area (Å²) in [5.74, 6) is 0.541. The van der Waals surface area contributed by atoms with Crippen LogP contribution < -0.4 is 5.56 Å². The zero-order valence-corrected chi connectivity index (χ0v) is 9.69. The zero-order chi connectivity index (χ0) is 11.3. The Hall–Kier alpha value is -1.09. The lowest BCUT2D eigenvalue weighted by Gasteiger charge is -2.08. The molecule has 0 atom stereocenters. The molecule has 0 unspecified atom stereocenters. The molecule has 1 aromatic rings. The van der Waals surface area contributed by atoms with Crippen LogP contribution in [0.25, 0.3) is 0 Å². The Kier molecular flexibility index (Phi) is 4.56. The van der Waals surface area contributed by atoms with E-state index >= 15 is 0 Å². The Bertz CT molecular complexity index is 355. The molecule has 0 saturated heterocycles. The van der Waals surface area contributed by atoms with Crippen molar-refractivity contribution in [2.75, 3.05) is 13.2 Å². The average Bonchev–Trinajstić information content (AvgIpc) is 2.18. The lowest BCUT2D eigenvalue weighted by molar-refractivity contribution is 0.102. The molecule has 0 aliphatic rings. The maximum absolute atomic E-state index is 11.6. The van der Waals surface area contributed by atoms with Crippen LogP contribution in [0.15, 0.2) is 23.1 Å². The number of aryl methyl sites for hydroxylation is 1. The fourth-order valence-electron chi connectivity index (χ4n) is 1.31. The van der Waals surface area contributed by atoms with Crippen LogP contribution >= 0.6 is 0 Å². The van der Waals surface area contributed by atoms with E-state index in [2.05, 4.69) is 13.8 Å². The highest BCUT2D eigenvalue weighted by molar-refractivity contribution is 5.07. The van der Waals surface area contributed by atoms with Crippen LogP contribution in [0.2, 0.25) is 0 Å². The van der Waals surface area contributed by atoms with E-state index in [9.17, 15) is 4.79 Å². The number of hydrogen-bond donors (Lipinski definition) is 0. The van der Waals surface area contributed by atoms with Gasteiger partial charge in [0.1, 0.15) is 0 Å². The van der Waals surface area contributed by atoms with Crippen LogP contribution in [-0.2, 0) is 11.3 Å². The highest BCUT2D eigenvalue weighted by Gasteiger charge is 1.98. The lowest BCUT2D eigenvalue weighted by atomic mass is 10.2. The minimum atomic E-state index is 0.0747. The van der Waals surface area contributed by atoms with E-state index in [4.69, 9.17) is 4.74 Å². The molecule has 0 radical (unpaired) electrons. The van der Waals surface area contributed by atoms with Gasteiger partial charge in [0.15, 0.2) is 0 Å². The highest BCUT2D eigenvalue weighted by Crippen LogP contribution is 1.93. The molecule has 0 saturated carbocycles. The Morgan fingerprint density at radius 3 is 2.87 bits per heavy atom. The molecular formula is C12H19NO2. The molecule has 0 bridgehead atoms. The third-order valence-electron chi connectivity index (χ3n) is 2.14. The van der Waals surface area contributed by atoms with Crippen molar-refractivity contribution < 1.29 is 4.74 Å². The van der Waals surface area contributed by atoms with Crippen molar-refractivity contribution in [3.8, 4) is 0 Å². The first-order chi connectivity index (χ1) is 7.11. The van der Waals surface area contributed by atoms with Crippen molar-refractivity contribution in [1.29, 1.82) is 0 Å². The first-order valence-electron chi connectivity index (χ1n) is 5.35. The van der Waals surface area contributed by atoms with E-state index in [0.717, 1.165) is 12.2 Å². The Morgan fingerprint density at radius 1 is 1.47 bits per heavy atom. The molecule has 0 aliphatic carbocycles. The molecule has 1 heterocycles. The molecule has 1 rings (SSSR count). The van der Waals surface area contributed by atoms with Gasteiger partial charge in [-0.3, -0.25) is 4.79 Å². The van der Waals surface area contributed by atoms with E-state index in [0.29, 0.717) is 19.1 Å². The van der Waals surface area contributed by atoms with E-state index in [-0.39, 0.29) is 5.56 Å². The Labute approximate surface area is 90.7 Å². The summed E-state index contributed by atoms with van der Waals surface area (Å²) in [5.41, 5.74) is 0.854. The first-order valence-corrected chi connectivity index (χ1v) is 5.35. The first kappa shape index (κ1) is 12.0. The number of rotatable bonds is 5. The lowest BCUT2D eigenvalue weighted by Crippen LogP contribution is -2.23. The van der Waals surface area contributed by atoms with Gasteiger partial charge in [0, 0.05) is 24.9 Å². The van der Waals surface area contributed by atoms with Gasteiger partial charge in [0.05, 0.1) is 6.61 Å². The molecule has 0 N–H and O–H groups in total. The van der Waals surface area contributed by atoms with Gasteiger partial charge in [-0.25, -0.2) is 0 Å². The summed E-state index contributed by atoms with van der Waals surface area (Å²) < 4.78 is 7.12. The Morgan fingerprint density at radius 2 is 2.20 bits per heavy atom. The number of nitrogens with zero attached hydrogens (tertiary/aromatic N) is 1. The summed E-state index contributed by atoms with van der Waals surface area (Å²) in [7, 11) is 0. The van der Waals surface area contributed by atoms with E-state index < -0.39 is 0 Å². The number of hydrogen-bond acceptors (Lipinski definition) is 2. The zero-order valence-electron chi connectivity index (χ0n) is 9.69. The summed E-state index contributed by atoms with van der Waals surface area (Å²) >= 11 is 0. The van der Waals surface area contributed by atoms with Gasteiger partial charge >= 0.3 is 0 Å². The molecule has 15 heavy (non-hydrogen) atoms. The molecule has 3 nitrogen and oxygen atoms in total. The van der Waals surface area contributed by atoms with Crippen LogP contribution in [0, 0.1) is 12.8 Å². The van der Waals surface area contributed by atoms with Gasteiger partial charge in [-0.15, -0.1) is 0 Å². The van der Waals surface area contributed by atoms with Crippen LogP contribution in [-0.4, -0.2) is 17.8 Å². The van der Waals surface area contributed by atoms with Crippen molar-refractivity contribution in [3.63, 3.8) is 0 Å². The summed E-state index contributed by atoms with van der Waals surface area (Å²) in [6.45, 7) is 8.03. The molecule has 0 fully saturated rings. The molecule has 3 heteroatoms. The van der Waals surface area contributed by atoms with Crippen molar-refractivity contribution in [1.82, 2.24) is 4.57 Å². The average molecular weight is 209 g/mol. The normalized spacial score (nSPS) is 10.9. The van der Waals surface area contributed by atoms with Gasteiger partial charge in [0.25, 0.3) is 5.56 Å². The van der Waals surface area contributed by atoms with Crippen molar-refractivity contribution in [3.05, 3.63) is 34.2 Å². The third kappa shape index (κ3) is 3.88. The highest BCUT2D eigenvalue weighted by atomic mass is 16.5. The minimum absolute atomic E-state index is 0.0747. The molecule has 84 valence electrons. The van der Waals surface area contributed by atoms with Crippen LogP contribution in [0.5, 0.6) is 0 Å². The maximum atomic E-state index is 11.6. The molecular weight excluding hydrogens is 190 g/mol. The summed E-state index contributed by atoms with van der Waals surface area (Å²) in [6, 6.07) is 3.72.